The smallest absolute Gasteiger partial charge is 0.248 e. The van der Waals surface area contributed by atoms with Crippen LogP contribution >= 0.6 is 11.6 Å². The molecule has 2 aliphatic carbocycles. The van der Waals surface area contributed by atoms with Gasteiger partial charge in [-0.1, -0.05) is 0 Å². The highest BCUT2D eigenvalue weighted by atomic mass is 35.5. The van der Waals surface area contributed by atoms with Crippen LogP contribution in [0.25, 0.3) is 0 Å². The van der Waals surface area contributed by atoms with Crippen LogP contribution < -0.4 is 0 Å². The molecule has 110 valence electrons. The van der Waals surface area contributed by atoms with E-state index in [0.29, 0.717) is 31.3 Å². The molecule has 0 spiro atoms. The van der Waals surface area contributed by atoms with Gasteiger partial charge in [-0.3, -0.25) is 4.79 Å². The molecule has 0 saturated heterocycles. The number of carbonyl (C=O) groups excluding carboxylic acids is 1. The van der Waals surface area contributed by atoms with E-state index in [4.69, 9.17) is 11.6 Å². The minimum atomic E-state index is -2.56. The molecule has 0 unspecified atom stereocenters. The Morgan fingerprint density at radius 3 is 2.32 bits per heavy atom. The summed E-state index contributed by atoms with van der Waals surface area (Å²) in [6.45, 7) is 0.680. The highest BCUT2D eigenvalue weighted by Crippen LogP contribution is 2.38. The predicted octanol–water partition coefficient (Wildman–Crippen LogP) is 3.82. The Morgan fingerprint density at radius 2 is 1.84 bits per heavy atom. The summed E-state index contributed by atoms with van der Waals surface area (Å²) >= 11 is 5.70. The zero-order valence-corrected chi connectivity index (χ0v) is 12.0. The first-order chi connectivity index (χ1) is 9.03. The fourth-order valence-corrected chi connectivity index (χ4v) is 3.04. The van der Waals surface area contributed by atoms with Crippen molar-refractivity contribution in [3.63, 3.8) is 0 Å². The van der Waals surface area contributed by atoms with Gasteiger partial charge in [0, 0.05) is 37.2 Å². The summed E-state index contributed by atoms with van der Waals surface area (Å²) in [5.74, 6) is -2.13. The van der Waals surface area contributed by atoms with Gasteiger partial charge in [0.2, 0.25) is 11.8 Å². The number of hydrogen-bond acceptors (Lipinski definition) is 1. The maximum absolute atomic E-state index is 13.1. The van der Waals surface area contributed by atoms with Crippen molar-refractivity contribution in [2.24, 2.45) is 5.92 Å². The van der Waals surface area contributed by atoms with E-state index >= 15 is 0 Å². The van der Waals surface area contributed by atoms with Crippen LogP contribution in [-0.2, 0) is 4.79 Å². The fraction of sp³-hybridized carbons (Fsp3) is 0.929. The minimum Gasteiger partial charge on any atom is -0.339 e. The predicted molar refractivity (Wildman–Crippen MR) is 71.6 cm³/mol. The second-order valence-electron chi connectivity index (χ2n) is 5.79. The van der Waals surface area contributed by atoms with Crippen molar-refractivity contribution in [2.45, 2.75) is 63.3 Å². The first-order valence-corrected chi connectivity index (χ1v) is 7.81. The van der Waals surface area contributed by atoms with E-state index in [1.807, 2.05) is 4.90 Å². The van der Waals surface area contributed by atoms with E-state index in [9.17, 15) is 13.6 Å². The molecule has 2 fully saturated rings. The van der Waals surface area contributed by atoms with Gasteiger partial charge in [0.1, 0.15) is 0 Å². The Hall–Kier alpha value is -0.380. The second-order valence-corrected chi connectivity index (χ2v) is 6.17. The lowest BCUT2D eigenvalue weighted by molar-refractivity contribution is -0.143. The molecule has 0 aliphatic heterocycles. The third-order valence-electron chi connectivity index (χ3n) is 4.40. The van der Waals surface area contributed by atoms with Crippen molar-refractivity contribution >= 4 is 17.5 Å². The molecule has 2 aliphatic rings. The SMILES string of the molecule is O=C(C1CCC(F)(F)CC1)N(CCCCl)C1CCC1. The molecule has 0 N–H and O–H groups in total. The molecule has 2 nitrogen and oxygen atoms in total. The van der Waals surface area contributed by atoms with Gasteiger partial charge in [-0.2, -0.15) is 0 Å². The lowest BCUT2D eigenvalue weighted by Gasteiger charge is -2.40. The lowest BCUT2D eigenvalue weighted by atomic mass is 9.84. The molecule has 0 aromatic carbocycles. The van der Waals surface area contributed by atoms with Gasteiger partial charge in [0.15, 0.2) is 0 Å². The quantitative estimate of drug-likeness (QED) is 0.706. The first kappa shape index (κ1) is 15.0. The normalized spacial score (nSPS) is 23.9. The van der Waals surface area contributed by atoms with Crippen LogP contribution in [0.4, 0.5) is 8.78 Å². The fourth-order valence-electron chi connectivity index (χ4n) is 2.92. The molecule has 5 heteroatoms. The zero-order valence-electron chi connectivity index (χ0n) is 11.2. The molecule has 0 aromatic heterocycles. The summed E-state index contributed by atoms with van der Waals surface area (Å²) in [6, 6.07) is 0.332. The van der Waals surface area contributed by atoms with Gasteiger partial charge in [-0.15, -0.1) is 11.6 Å². The summed E-state index contributed by atoms with van der Waals surface area (Å²) in [7, 11) is 0. The summed E-state index contributed by atoms with van der Waals surface area (Å²) in [5, 5.41) is 0. The minimum absolute atomic E-state index is 0.0883. The van der Waals surface area contributed by atoms with Gasteiger partial charge in [0.05, 0.1) is 0 Å². The molecule has 0 atom stereocenters. The van der Waals surface area contributed by atoms with Crippen molar-refractivity contribution in [2.75, 3.05) is 12.4 Å². The summed E-state index contributed by atoms with van der Waals surface area (Å²) in [4.78, 5) is 14.4. The molecule has 0 heterocycles. The van der Waals surface area contributed by atoms with Crippen molar-refractivity contribution in [3.05, 3.63) is 0 Å². The van der Waals surface area contributed by atoms with E-state index in [0.717, 1.165) is 25.7 Å². The molecule has 1 amide bonds. The molecule has 0 aromatic rings. The van der Waals surface area contributed by atoms with E-state index in [1.165, 1.54) is 0 Å². The standard InChI is InChI=1S/C14H22ClF2NO/c15-9-2-10-18(12-3-1-4-12)13(19)11-5-7-14(16,17)8-6-11/h11-12H,1-10H2. The van der Waals surface area contributed by atoms with Gasteiger partial charge >= 0.3 is 0 Å². The van der Waals surface area contributed by atoms with Gasteiger partial charge < -0.3 is 4.90 Å². The molecule has 0 bridgehead atoms. The number of amides is 1. The average Bonchev–Trinajstić information content (AvgIpc) is 2.31. The highest BCUT2D eigenvalue weighted by Gasteiger charge is 2.40. The Balaban J connectivity index is 1.91. The Morgan fingerprint density at radius 1 is 1.21 bits per heavy atom. The molecular formula is C14H22ClF2NO. The molecule has 2 saturated carbocycles. The third kappa shape index (κ3) is 3.80. The van der Waals surface area contributed by atoms with E-state index in [-0.39, 0.29) is 24.7 Å². The Kier molecular flexibility index (Phi) is 5.04. The first-order valence-electron chi connectivity index (χ1n) is 7.28. The molecule has 2 rings (SSSR count). The average molecular weight is 294 g/mol. The summed E-state index contributed by atoms with van der Waals surface area (Å²) in [6.07, 6.45) is 4.43. The lowest BCUT2D eigenvalue weighted by Crippen LogP contribution is -2.48. The number of carbonyl (C=O) groups is 1. The zero-order chi connectivity index (χ0) is 13.9. The van der Waals surface area contributed by atoms with Crippen LogP contribution in [-0.4, -0.2) is 35.2 Å². The Labute approximate surface area is 118 Å². The number of alkyl halides is 3. The van der Waals surface area contributed by atoms with E-state index in [1.54, 1.807) is 0 Å². The highest BCUT2D eigenvalue weighted by molar-refractivity contribution is 6.17. The topological polar surface area (TPSA) is 20.3 Å². The largest absolute Gasteiger partial charge is 0.339 e. The Bertz CT molecular complexity index is 311. The number of halogens is 3. The van der Waals surface area contributed by atoms with Crippen molar-refractivity contribution in [3.8, 4) is 0 Å². The van der Waals surface area contributed by atoms with Gasteiger partial charge in [-0.05, 0) is 38.5 Å². The van der Waals surface area contributed by atoms with Gasteiger partial charge in [-0.25, -0.2) is 8.78 Å². The van der Waals surface area contributed by atoms with E-state index < -0.39 is 5.92 Å². The number of hydrogen-bond donors (Lipinski definition) is 0. The second kappa shape index (κ2) is 6.38. The number of rotatable bonds is 5. The molecule has 19 heavy (non-hydrogen) atoms. The van der Waals surface area contributed by atoms with Crippen LogP contribution in [0.3, 0.4) is 0 Å². The van der Waals surface area contributed by atoms with Crippen molar-refractivity contribution in [1.29, 1.82) is 0 Å². The van der Waals surface area contributed by atoms with Gasteiger partial charge in [0.25, 0.3) is 0 Å². The van der Waals surface area contributed by atoms with Crippen LogP contribution in [0.15, 0.2) is 0 Å². The maximum atomic E-state index is 13.1. The number of nitrogens with zero attached hydrogens (tertiary/aromatic N) is 1. The monoisotopic (exact) mass is 293 g/mol. The van der Waals surface area contributed by atoms with Crippen LogP contribution in [0, 0.1) is 5.92 Å². The van der Waals surface area contributed by atoms with Crippen LogP contribution in [0.5, 0.6) is 0 Å². The third-order valence-corrected chi connectivity index (χ3v) is 4.66. The van der Waals surface area contributed by atoms with Crippen molar-refractivity contribution in [1.82, 2.24) is 4.90 Å². The van der Waals surface area contributed by atoms with Crippen LogP contribution in [0.2, 0.25) is 0 Å². The molecule has 0 radical (unpaired) electrons. The molecular weight excluding hydrogens is 272 g/mol. The summed E-state index contributed by atoms with van der Waals surface area (Å²) in [5.41, 5.74) is 0. The van der Waals surface area contributed by atoms with E-state index in [2.05, 4.69) is 0 Å². The van der Waals surface area contributed by atoms with Crippen molar-refractivity contribution < 1.29 is 13.6 Å². The summed E-state index contributed by atoms with van der Waals surface area (Å²) < 4.78 is 26.3. The van der Waals surface area contributed by atoms with Crippen LogP contribution in [0.1, 0.15) is 51.4 Å². The maximum Gasteiger partial charge on any atom is 0.248 e.